The molecule has 0 radical (unpaired) electrons. The van der Waals surface area contributed by atoms with Gasteiger partial charge < -0.3 is 15.0 Å². The number of piperidine rings is 1. The summed E-state index contributed by atoms with van der Waals surface area (Å²) < 4.78 is 6.18. The monoisotopic (exact) mass is 719 g/mol. The van der Waals surface area contributed by atoms with Crippen LogP contribution in [0.25, 0.3) is 0 Å². The van der Waals surface area contributed by atoms with Gasteiger partial charge in [0.25, 0.3) is 0 Å². The number of benzene rings is 2. The van der Waals surface area contributed by atoms with Gasteiger partial charge in [0.1, 0.15) is 22.7 Å². The number of aliphatic imine (C=N–C) groups is 1. The lowest BCUT2D eigenvalue weighted by atomic mass is 9.71. The Kier molecular flexibility index (Phi) is 10.2. The zero-order chi connectivity index (χ0) is 35.8. The number of likely N-dealkylation sites (tertiary alicyclic amines) is 1. The number of ether oxygens (including phenoxy) is 1. The van der Waals surface area contributed by atoms with Gasteiger partial charge >= 0.3 is 6.03 Å². The molecule has 1 unspecified atom stereocenters. The number of halogens is 2. The van der Waals surface area contributed by atoms with Gasteiger partial charge in [-0.3, -0.25) is 19.6 Å². The number of rotatable bonds is 6. The van der Waals surface area contributed by atoms with Crippen LogP contribution in [0.15, 0.2) is 59.7 Å². The maximum atomic E-state index is 15.3. The maximum absolute atomic E-state index is 15.3. The summed E-state index contributed by atoms with van der Waals surface area (Å²) in [6.45, 7) is 15.9. The van der Waals surface area contributed by atoms with Crippen molar-refractivity contribution in [2.24, 2.45) is 4.99 Å². The normalized spacial score (nSPS) is 23.8. The average Bonchev–Trinajstić information content (AvgIpc) is 3.18. The summed E-state index contributed by atoms with van der Waals surface area (Å²) >= 11 is 12.8. The first-order valence-corrected chi connectivity index (χ1v) is 18.2. The summed E-state index contributed by atoms with van der Waals surface area (Å²) in [6.07, 6.45) is 3.85. The summed E-state index contributed by atoms with van der Waals surface area (Å²) in [5.74, 6) is 1.55. The topological polar surface area (TPSA) is 103 Å². The number of hydrogen-bond donors (Lipinski definition) is 1. The van der Waals surface area contributed by atoms with E-state index in [0.717, 1.165) is 37.1 Å². The number of amides is 3. The molecule has 2 atom stereocenters. The van der Waals surface area contributed by atoms with E-state index in [1.54, 1.807) is 6.20 Å². The third kappa shape index (κ3) is 6.69. The van der Waals surface area contributed by atoms with Crippen LogP contribution < -0.4 is 10.1 Å². The van der Waals surface area contributed by atoms with Crippen molar-refractivity contribution in [2.45, 2.75) is 83.3 Å². The molecule has 0 spiro atoms. The Hall–Kier alpha value is -3.73. The van der Waals surface area contributed by atoms with E-state index in [0.29, 0.717) is 71.9 Å². The molecule has 2 saturated heterocycles. The van der Waals surface area contributed by atoms with Crippen molar-refractivity contribution >= 4 is 41.0 Å². The van der Waals surface area contributed by atoms with Gasteiger partial charge in [-0.1, -0.05) is 68.2 Å². The second kappa shape index (κ2) is 14.1. The van der Waals surface area contributed by atoms with Crippen LogP contribution in [0.5, 0.6) is 5.88 Å². The molecule has 2 fully saturated rings. The van der Waals surface area contributed by atoms with Crippen LogP contribution >= 0.6 is 23.2 Å². The lowest BCUT2D eigenvalue weighted by Gasteiger charge is -2.47. The third-order valence-corrected chi connectivity index (χ3v) is 11.0. The van der Waals surface area contributed by atoms with Crippen molar-refractivity contribution in [2.75, 3.05) is 39.3 Å². The Bertz CT molecular complexity index is 1750. The van der Waals surface area contributed by atoms with Crippen molar-refractivity contribution in [3.8, 4) is 5.88 Å². The van der Waals surface area contributed by atoms with Crippen LogP contribution in [-0.4, -0.2) is 87.8 Å². The molecule has 1 aromatic heterocycles. The number of urea groups is 1. The van der Waals surface area contributed by atoms with Crippen LogP contribution in [0.3, 0.4) is 0 Å². The Morgan fingerprint density at radius 2 is 1.58 bits per heavy atom. The number of nitrogens with one attached hydrogen (secondary N) is 1. The van der Waals surface area contributed by atoms with Gasteiger partial charge in [-0.25, -0.2) is 9.78 Å². The maximum Gasteiger partial charge on any atom is 0.326 e. The van der Waals surface area contributed by atoms with Crippen molar-refractivity contribution in [3.05, 3.63) is 87.3 Å². The van der Waals surface area contributed by atoms with Gasteiger partial charge in [-0.15, -0.1) is 0 Å². The Balaban J connectivity index is 1.48. The number of carbonyl (C=O) groups is 2. The highest BCUT2D eigenvalue weighted by atomic mass is 35.5. The van der Waals surface area contributed by atoms with E-state index in [1.807, 2.05) is 65.3 Å². The highest BCUT2D eigenvalue weighted by molar-refractivity contribution is 6.30. The minimum atomic E-state index is -1.03. The van der Waals surface area contributed by atoms with E-state index in [1.165, 1.54) is 0 Å². The molecule has 2 aromatic carbocycles. The van der Waals surface area contributed by atoms with Gasteiger partial charge in [0.2, 0.25) is 11.8 Å². The summed E-state index contributed by atoms with van der Waals surface area (Å²) in [5, 5.41) is 4.18. The predicted molar refractivity (Wildman–Crippen MR) is 197 cm³/mol. The number of nitrogens with zero attached hydrogens (tertiary/aromatic N) is 6. The largest absolute Gasteiger partial charge is 0.477 e. The minimum Gasteiger partial charge on any atom is -0.477 e. The quantitative estimate of drug-likeness (QED) is 0.302. The first-order chi connectivity index (χ1) is 23.8. The van der Waals surface area contributed by atoms with E-state index in [-0.39, 0.29) is 17.4 Å². The number of aromatic nitrogens is 2. The fourth-order valence-corrected chi connectivity index (χ4v) is 7.66. The molecule has 0 bridgehead atoms. The molecule has 4 heterocycles. The fourth-order valence-electron chi connectivity index (χ4n) is 7.41. The van der Waals surface area contributed by atoms with Crippen molar-refractivity contribution in [1.82, 2.24) is 30.0 Å². The number of hydrogen-bond acceptors (Lipinski definition) is 7. The van der Waals surface area contributed by atoms with E-state index < -0.39 is 11.1 Å². The average molecular weight is 721 g/mol. The predicted octanol–water partition coefficient (Wildman–Crippen LogP) is 6.78. The minimum absolute atomic E-state index is 0.0946. The number of carbonyl (C=O) groups excluding carboxylic acids is 2. The zero-order valence-electron chi connectivity index (χ0n) is 29.8. The second-order valence-electron chi connectivity index (χ2n) is 14.7. The van der Waals surface area contributed by atoms with Gasteiger partial charge in [0.05, 0.1) is 12.2 Å². The molecule has 1 N–H and O–H groups in total. The molecule has 0 aliphatic carbocycles. The highest BCUT2D eigenvalue weighted by Crippen LogP contribution is 2.54. The lowest BCUT2D eigenvalue weighted by molar-refractivity contribution is -0.120. The molecule has 266 valence electrons. The van der Waals surface area contributed by atoms with Crippen molar-refractivity contribution in [1.29, 1.82) is 0 Å². The van der Waals surface area contributed by atoms with Crippen molar-refractivity contribution < 1.29 is 14.3 Å². The van der Waals surface area contributed by atoms with E-state index in [2.05, 4.69) is 44.8 Å². The van der Waals surface area contributed by atoms with Gasteiger partial charge in [-0.2, -0.15) is 4.98 Å². The number of amidine groups is 1. The lowest BCUT2D eigenvalue weighted by Crippen LogP contribution is -2.59. The van der Waals surface area contributed by atoms with E-state index >= 15 is 4.79 Å². The zero-order valence-corrected chi connectivity index (χ0v) is 31.3. The molecule has 3 aromatic rings. The molecule has 12 heteroatoms. The highest BCUT2D eigenvalue weighted by Gasteiger charge is 2.60. The summed E-state index contributed by atoms with van der Waals surface area (Å²) in [5.41, 5.74) is -0.0329. The Morgan fingerprint density at radius 1 is 0.960 bits per heavy atom. The first-order valence-electron chi connectivity index (χ1n) is 17.5. The van der Waals surface area contributed by atoms with E-state index in [9.17, 15) is 4.79 Å². The van der Waals surface area contributed by atoms with Gasteiger partial charge in [-0.05, 0) is 69.0 Å². The molecule has 0 saturated carbocycles. The summed E-state index contributed by atoms with van der Waals surface area (Å²) in [6, 6.07) is 15.4. The van der Waals surface area contributed by atoms with Crippen molar-refractivity contribution in [3.63, 3.8) is 0 Å². The van der Waals surface area contributed by atoms with Crippen LogP contribution in [0.4, 0.5) is 4.79 Å². The molecule has 3 aliphatic rings. The van der Waals surface area contributed by atoms with Crippen LogP contribution in [0.1, 0.15) is 83.3 Å². The van der Waals surface area contributed by atoms with Crippen LogP contribution in [0, 0.1) is 0 Å². The van der Waals surface area contributed by atoms with Gasteiger partial charge in [0.15, 0.2) is 0 Å². The van der Waals surface area contributed by atoms with Crippen LogP contribution in [-0.2, 0) is 21.3 Å². The van der Waals surface area contributed by atoms with Gasteiger partial charge in [0, 0.05) is 66.8 Å². The summed E-state index contributed by atoms with van der Waals surface area (Å²) in [4.78, 5) is 48.6. The smallest absolute Gasteiger partial charge is 0.326 e. The fraction of sp³-hybridized carbons (Fsp3) is 0.500. The standard InChI is InChI=1S/C38H47Cl2N7O3/c1-7-50-33-30(24-42-34(43-33)36(2,3)4)32-44-37(5,25-8-12-27(39)13-9-25)38(6,26-10-14-28(40)15-11-26)47(32)35(49)46-20-16-29(17-21-46)45-22-18-31(48)41-19-23-45/h8-15,24,29H,7,16-23H2,1-6H3,(H,41,48)/t37-,38?/m0/s1. The molecular formula is C38H47Cl2N7O3. The molecule has 3 aliphatic heterocycles. The molecular weight excluding hydrogens is 673 g/mol. The Labute approximate surface area is 305 Å². The second-order valence-corrected chi connectivity index (χ2v) is 15.5. The summed E-state index contributed by atoms with van der Waals surface area (Å²) in [7, 11) is 0. The third-order valence-electron chi connectivity index (χ3n) is 10.5. The first kappa shape index (κ1) is 36.1. The Morgan fingerprint density at radius 3 is 2.18 bits per heavy atom. The molecule has 10 nitrogen and oxygen atoms in total. The molecule has 3 amide bonds. The molecule has 50 heavy (non-hydrogen) atoms. The van der Waals surface area contributed by atoms with E-state index in [4.69, 9.17) is 42.9 Å². The molecule has 6 rings (SSSR count). The SMILES string of the molecule is CCOc1nc(C(C)(C)C)ncc1C1=N[C@@](C)(c2ccc(Cl)cc2)C(C)(c2ccc(Cl)cc2)N1C(=O)N1CCC(N2CCNC(=O)CC2)CC1. The van der Waals surface area contributed by atoms with Crippen LogP contribution in [0.2, 0.25) is 10.0 Å².